The maximum atomic E-state index is 12.3. The summed E-state index contributed by atoms with van der Waals surface area (Å²) in [5.74, 6) is 0.0339. The Morgan fingerprint density at radius 3 is 2.62 bits per heavy atom. The lowest BCUT2D eigenvalue weighted by Gasteiger charge is -2.15. The topological polar surface area (TPSA) is 29.1 Å². The van der Waals surface area contributed by atoms with Crippen molar-refractivity contribution in [1.29, 1.82) is 0 Å². The normalized spacial score (nSPS) is 12.2. The number of amides is 1. The highest BCUT2D eigenvalue weighted by molar-refractivity contribution is 7.10. The van der Waals surface area contributed by atoms with Crippen LogP contribution in [0.5, 0.6) is 0 Å². The first-order chi connectivity index (χ1) is 9.99. The van der Waals surface area contributed by atoms with Crippen LogP contribution < -0.4 is 5.32 Å². The van der Waals surface area contributed by atoms with E-state index >= 15 is 0 Å². The summed E-state index contributed by atoms with van der Waals surface area (Å²) in [5.41, 5.74) is 4.36. The minimum Gasteiger partial charge on any atom is -0.350 e. The molecule has 1 heterocycles. The Labute approximate surface area is 131 Å². The number of thiophene rings is 1. The number of hydrogen-bond acceptors (Lipinski definition) is 2. The van der Waals surface area contributed by atoms with Gasteiger partial charge in [0.2, 0.25) is 0 Å². The van der Waals surface area contributed by atoms with E-state index in [0.29, 0.717) is 0 Å². The monoisotopic (exact) mass is 301 g/mol. The zero-order valence-electron chi connectivity index (χ0n) is 13.2. The number of rotatable bonds is 5. The summed E-state index contributed by atoms with van der Waals surface area (Å²) in [6.45, 7) is 8.26. The fourth-order valence-corrected chi connectivity index (χ4v) is 3.30. The molecule has 1 aromatic heterocycles. The molecule has 1 aromatic carbocycles. The molecule has 0 saturated carbocycles. The molecule has 112 valence electrons. The molecule has 0 bridgehead atoms. The lowest BCUT2D eigenvalue weighted by molar-refractivity contribution is 0.0938. The molecule has 1 amide bonds. The average molecular weight is 301 g/mol. The van der Waals surface area contributed by atoms with Crippen LogP contribution >= 0.6 is 11.3 Å². The molecule has 2 aromatic rings. The Morgan fingerprint density at radius 1 is 1.19 bits per heavy atom. The maximum Gasteiger partial charge on any atom is 0.251 e. The second-order valence-corrected chi connectivity index (χ2v) is 6.69. The summed E-state index contributed by atoms with van der Waals surface area (Å²) in [5, 5.41) is 5.24. The highest BCUT2D eigenvalue weighted by Crippen LogP contribution is 2.18. The number of carbonyl (C=O) groups excluding carboxylic acids is 1. The maximum absolute atomic E-state index is 12.3. The Morgan fingerprint density at radius 2 is 1.95 bits per heavy atom. The summed E-state index contributed by atoms with van der Waals surface area (Å²) in [6, 6.07) is 8.21. The van der Waals surface area contributed by atoms with Gasteiger partial charge in [0.05, 0.1) is 0 Å². The molecule has 3 heteroatoms. The fourth-order valence-electron chi connectivity index (χ4n) is 2.38. The van der Waals surface area contributed by atoms with Crippen LogP contribution in [0.3, 0.4) is 0 Å². The van der Waals surface area contributed by atoms with E-state index in [9.17, 15) is 4.79 Å². The molecular formula is C18H23NOS. The van der Waals surface area contributed by atoms with E-state index in [0.717, 1.165) is 29.5 Å². The van der Waals surface area contributed by atoms with Crippen molar-refractivity contribution in [3.8, 4) is 0 Å². The summed E-state index contributed by atoms with van der Waals surface area (Å²) >= 11 is 1.80. The third-order valence-electron chi connectivity index (χ3n) is 4.00. The second kappa shape index (κ2) is 6.90. The minimum atomic E-state index is 0.0339. The van der Waals surface area contributed by atoms with E-state index in [2.05, 4.69) is 30.6 Å². The van der Waals surface area contributed by atoms with Crippen molar-refractivity contribution in [3.05, 3.63) is 56.8 Å². The lowest BCUT2D eigenvalue weighted by Crippen LogP contribution is -2.33. The smallest absolute Gasteiger partial charge is 0.251 e. The van der Waals surface area contributed by atoms with Gasteiger partial charge in [-0.3, -0.25) is 4.79 Å². The van der Waals surface area contributed by atoms with E-state index < -0.39 is 0 Å². The lowest BCUT2D eigenvalue weighted by atomic mass is 10.0. The zero-order valence-corrected chi connectivity index (χ0v) is 14.0. The van der Waals surface area contributed by atoms with Gasteiger partial charge in [-0.2, -0.15) is 0 Å². The summed E-state index contributed by atoms with van der Waals surface area (Å²) in [4.78, 5) is 13.8. The van der Waals surface area contributed by atoms with Crippen molar-refractivity contribution in [2.45, 2.75) is 46.6 Å². The van der Waals surface area contributed by atoms with Gasteiger partial charge in [0.15, 0.2) is 0 Å². The molecular weight excluding hydrogens is 278 g/mol. The van der Waals surface area contributed by atoms with E-state index in [4.69, 9.17) is 0 Å². The first-order valence-corrected chi connectivity index (χ1v) is 8.27. The van der Waals surface area contributed by atoms with Crippen molar-refractivity contribution in [3.63, 3.8) is 0 Å². The molecule has 0 fully saturated rings. The van der Waals surface area contributed by atoms with Gasteiger partial charge in [-0.05, 0) is 74.7 Å². The van der Waals surface area contributed by atoms with Crippen LogP contribution in [0.4, 0.5) is 0 Å². The SMILES string of the molecule is Cc1ccsc1CCC(C)NC(=O)c1cccc(C)c1C. The molecule has 0 saturated heterocycles. The minimum absolute atomic E-state index is 0.0339. The van der Waals surface area contributed by atoms with Crippen LogP contribution in [-0.2, 0) is 6.42 Å². The van der Waals surface area contributed by atoms with Gasteiger partial charge in [-0.1, -0.05) is 12.1 Å². The predicted molar refractivity (Wildman–Crippen MR) is 90.2 cm³/mol. The van der Waals surface area contributed by atoms with Crippen molar-refractivity contribution < 1.29 is 4.79 Å². The van der Waals surface area contributed by atoms with Gasteiger partial charge >= 0.3 is 0 Å². The van der Waals surface area contributed by atoms with Gasteiger partial charge in [0.25, 0.3) is 5.91 Å². The van der Waals surface area contributed by atoms with Crippen molar-refractivity contribution >= 4 is 17.2 Å². The van der Waals surface area contributed by atoms with E-state index in [1.54, 1.807) is 11.3 Å². The van der Waals surface area contributed by atoms with E-state index in [-0.39, 0.29) is 11.9 Å². The molecule has 0 spiro atoms. The van der Waals surface area contributed by atoms with Crippen LogP contribution in [0.2, 0.25) is 0 Å². The fraction of sp³-hybridized carbons (Fsp3) is 0.389. The van der Waals surface area contributed by atoms with E-state index in [1.807, 2.05) is 32.0 Å². The largest absolute Gasteiger partial charge is 0.350 e. The Kier molecular flexibility index (Phi) is 5.18. The summed E-state index contributed by atoms with van der Waals surface area (Å²) in [7, 11) is 0. The Balaban J connectivity index is 1.93. The van der Waals surface area contributed by atoms with Crippen molar-refractivity contribution in [2.75, 3.05) is 0 Å². The van der Waals surface area contributed by atoms with Crippen molar-refractivity contribution in [1.82, 2.24) is 5.32 Å². The first kappa shape index (κ1) is 15.8. The van der Waals surface area contributed by atoms with Crippen LogP contribution in [0.15, 0.2) is 29.6 Å². The van der Waals surface area contributed by atoms with Gasteiger partial charge in [0, 0.05) is 16.5 Å². The van der Waals surface area contributed by atoms with Crippen LogP contribution in [-0.4, -0.2) is 11.9 Å². The average Bonchev–Trinajstić information content (AvgIpc) is 2.85. The molecule has 0 aliphatic carbocycles. The number of hydrogen-bond donors (Lipinski definition) is 1. The molecule has 0 aliphatic rings. The summed E-state index contributed by atoms with van der Waals surface area (Å²) in [6.07, 6.45) is 2.00. The number of benzene rings is 1. The van der Waals surface area contributed by atoms with E-state index in [1.165, 1.54) is 10.4 Å². The molecule has 2 nitrogen and oxygen atoms in total. The molecule has 21 heavy (non-hydrogen) atoms. The Bertz CT molecular complexity index is 630. The second-order valence-electron chi connectivity index (χ2n) is 5.69. The number of nitrogens with one attached hydrogen (secondary N) is 1. The number of carbonyl (C=O) groups is 1. The van der Waals surface area contributed by atoms with Crippen LogP contribution in [0.25, 0.3) is 0 Å². The predicted octanol–water partition coefficient (Wildman–Crippen LogP) is 4.42. The third-order valence-corrected chi connectivity index (χ3v) is 5.08. The highest BCUT2D eigenvalue weighted by Gasteiger charge is 2.13. The van der Waals surface area contributed by atoms with Crippen molar-refractivity contribution in [2.24, 2.45) is 0 Å². The van der Waals surface area contributed by atoms with Crippen LogP contribution in [0.1, 0.15) is 45.3 Å². The molecule has 1 unspecified atom stereocenters. The molecule has 1 atom stereocenters. The molecule has 0 aliphatic heterocycles. The highest BCUT2D eigenvalue weighted by atomic mass is 32.1. The Hall–Kier alpha value is -1.61. The molecule has 2 rings (SSSR count). The quantitative estimate of drug-likeness (QED) is 0.870. The van der Waals surface area contributed by atoms with Gasteiger partial charge in [-0.25, -0.2) is 0 Å². The zero-order chi connectivity index (χ0) is 15.4. The van der Waals surface area contributed by atoms with Crippen LogP contribution in [0, 0.1) is 20.8 Å². The third kappa shape index (κ3) is 3.94. The summed E-state index contributed by atoms with van der Waals surface area (Å²) < 4.78 is 0. The van der Waals surface area contributed by atoms with Gasteiger partial charge < -0.3 is 5.32 Å². The van der Waals surface area contributed by atoms with Gasteiger partial charge in [0.1, 0.15) is 0 Å². The van der Waals surface area contributed by atoms with Gasteiger partial charge in [-0.15, -0.1) is 11.3 Å². The number of aryl methyl sites for hydroxylation is 3. The standard InChI is InChI=1S/C18H23NOS/c1-12-6-5-7-16(15(12)4)18(20)19-14(3)8-9-17-13(2)10-11-21-17/h5-7,10-11,14H,8-9H2,1-4H3,(H,19,20). The molecule has 1 N–H and O–H groups in total. The molecule has 0 radical (unpaired) electrons. The first-order valence-electron chi connectivity index (χ1n) is 7.39.